The van der Waals surface area contributed by atoms with Gasteiger partial charge in [-0.25, -0.2) is 0 Å². The van der Waals surface area contributed by atoms with Crippen molar-refractivity contribution in [3.63, 3.8) is 0 Å². The van der Waals surface area contributed by atoms with Crippen LogP contribution in [-0.4, -0.2) is 41.2 Å². The van der Waals surface area contributed by atoms with Crippen LogP contribution in [-0.2, 0) is 34.0 Å². The highest BCUT2D eigenvalue weighted by Crippen LogP contribution is 2.31. The zero-order chi connectivity index (χ0) is 22.9. The number of rotatable bonds is 11. The van der Waals surface area contributed by atoms with Crippen molar-refractivity contribution in [2.75, 3.05) is 6.61 Å². The van der Waals surface area contributed by atoms with Crippen LogP contribution in [0.3, 0.4) is 0 Å². The molecule has 0 spiro atoms. The number of hydrogen-bond donors (Lipinski definition) is 1. The van der Waals surface area contributed by atoms with Crippen LogP contribution in [0.1, 0.15) is 16.7 Å². The van der Waals surface area contributed by atoms with Crippen LogP contribution in [0.5, 0.6) is 0 Å². The van der Waals surface area contributed by atoms with Crippen LogP contribution in [0.4, 0.5) is 0 Å². The lowest BCUT2D eigenvalue weighted by Gasteiger charge is -2.25. The van der Waals surface area contributed by atoms with Crippen LogP contribution in [0.25, 0.3) is 0 Å². The molecule has 0 amide bonds. The average Bonchev–Trinajstić information content (AvgIpc) is 3.13. The summed E-state index contributed by atoms with van der Waals surface area (Å²) in [6, 6.07) is 29.2. The molecule has 0 bridgehead atoms. The van der Waals surface area contributed by atoms with Crippen molar-refractivity contribution < 1.29 is 19.4 Å². The summed E-state index contributed by atoms with van der Waals surface area (Å²) in [7, 11) is 0. The summed E-state index contributed by atoms with van der Waals surface area (Å²) in [5.41, 5.74) is 3.21. The van der Waals surface area contributed by atoms with E-state index in [1.807, 2.05) is 91.0 Å². The fraction of sp³-hybridized carbons (Fsp3) is 0.286. The first-order chi connectivity index (χ1) is 16.3. The lowest BCUT2D eigenvalue weighted by molar-refractivity contribution is -0.156. The Morgan fingerprint density at radius 2 is 1.15 bits per heavy atom. The molecule has 5 heteroatoms. The van der Waals surface area contributed by atoms with Crippen molar-refractivity contribution in [2.45, 2.75) is 44.1 Å². The van der Waals surface area contributed by atoms with Gasteiger partial charge >= 0.3 is 0 Å². The Hall–Kier alpha value is -2.80. The summed E-state index contributed by atoms with van der Waals surface area (Å²) in [5, 5.41) is 12.3. The lowest BCUT2D eigenvalue weighted by atomic mass is 10.1. The molecule has 1 heterocycles. The van der Waals surface area contributed by atoms with Gasteiger partial charge in [0.25, 0.3) is 0 Å². The molecule has 33 heavy (non-hydrogen) atoms. The molecule has 0 aromatic heterocycles. The lowest BCUT2D eigenvalue weighted by Crippen LogP contribution is -2.40. The smallest absolute Gasteiger partial charge is 0.107 e. The van der Waals surface area contributed by atoms with Gasteiger partial charge in [-0.3, -0.25) is 0 Å². The van der Waals surface area contributed by atoms with Gasteiger partial charge in [0.15, 0.2) is 0 Å². The second kappa shape index (κ2) is 11.9. The van der Waals surface area contributed by atoms with Crippen molar-refractivity contribution >= 4 is 0 Å². The number of hydrogen-bond acceptors (Lipinski definition) is 5. The number of hydroxylamine groups is 2. The maximum atomic E-state index is 11.0. The molecule has 3 aromatic carbocycles. The Bertz CT molecular complexity index is 967. The van der Waals surface area contributed by atoms with Gasteiger partial charge in [-0.2, -0.15) is 5.06 Å². The van der Waals surface area contributed by atoms with Gasteiger partial charge in [0.1, 0.15) is 12.2 Å². The molecular formula is C28H31NO4. The van der Waals surface area contributed by atoms with E-state index in [4.69, 9.17) is 14.2 Å². The summed E-state index contributed by atoms with van der Waals surface area (Å²) < 4.78 is 18.6. The van der Waals surface area contributed by atoms with E-state index in [2.05, 4.69) is 6.58 Å². The molecule has 3 aromatic rings. The molecule has 0 saturated carbocycles. The minimum absolute atomic E-state index is 0.306. The van der Waals surface area contributed by atoms with Gasteiger partial charge in [-0.1, -0.05) is 97.1 Å². The molecule has 1 N–H and O–H groups in total. The van der Waals surface area contributed by atoms with E-state index >= 15 is 0 Å². The zero-order valence-corrected chi connectivity index (χ0v) is 18.7. The van der Waals surface area contributed by atoms with Gasteiger partial charge in [0.2, 0.25) is 0 Å². The third kappa shape index (κ3) is 6.16. The minimum atomic E-state index is -0.403. The first-order valence-electron chi connectivity index (χ1n) is 11.3. The van der Waals surface area contributed by atoms with E-state index in [9.17, 15) is 5.21 Å². The third-order valence-corrected chi connectivity index (χ3v) is 5.90. The minimum Gasteiger partial charge on any atom is -0.375 e. The predicted octanol–water partition coefficient (Wildman–Crippen LogP) is 5.00. The van der Waals surface area contributed by atoms with E-state index in [0.29, 0.717) is 26.4 Å². The molecule has 0 radical (unpaired) electrons. The highest BCUT2D eigenvalue weighted by Gasteiger charge is 2.49. The third-order valence-electron chi connectivity index (χ3n) is 5.90. The highest BCUT2D eigenvalue weighted by atomic mass is 16.6. The van der Waals surface area contributed by atoms with Crippen molar-refractivity contribution in [1.82, 2.24) is 5.06 Å². The Morgan fingerprint density at radius 3 is 1.64 bits per heavy atom. The van der Waals surface area contributed by atoms with Crippen molar-refractivity contribution in [3.05, 3.63) is 120 Å². The van der Waals surface area contributed by atoms with Gasteiger partial charge in [-0.15, -0.1) is 6.58 Å². The van der Waals surface area contributed by atoms with Crippen LogP contribution in [0.15, 0.2) is 104 Å². The molecule has 1 saturated heterocycles. The quantitative estimate of drug-likeness (QED) is 0.421. The monoisotopic (exact) mass is 445 g/mol. The van der Waals surface area contributed by atoms with E-state index < -0.39 is 12.1 Å². The fourth-order valence-electron chi connectivity index (χ4n) is 4.15. The summed E-state index contributed by atoms with van der Waals surface area (Å²) in [4.78, 5) is 0. The van der Waals surface area contributed by atoms with Crippen LogP contribution in [0.2, 0.25) is 0 Å². The molecule has 0 unspecified atom stereocenters. The molecule has 172 valence electrons. The van der Waals surface area contributed by atoms with Crippen LogP contribution >= 0.6 is 0 Å². The van der Waals surface area contributed by atoms with Crippen molar-refractivity contribution in [3.8, 4) is 0 Å². The predicted molar refractivity (Wildman–Crippen MR) is 128 cm³/mol. The maximum absolute atomic E-state index is 11.0. The first-order valence-corrected chi connectivity index (χ1v) is 11.3. The van der Waals surface area contributed by atoms with Gasteiger partial charge in [0.05, 0.1) is 38.5 Å². The van der Waals surface area contributed by atoms with Crippen LogP contribution < -0.4 is 0 Å². The standard InChI is InChI=1S/C28H31NO4/c1-2-25-27(32-19-23-14-8-4-9-15-23)28(33-20-24-16-10-5-11-17-24)26(29(25)30)21-31-18-22-12-6-3-7-13-22/h2-17,25-28,30H,1,18-21H2/t25-,26-,27-,28-/m0/s1. The molecule has 4 atom stereocenters. The first kappa shape index (κ1) is 23.4. The van der Waals surface area contributed by atoms with Crippen LogP contribution in [0, 0.1) is 0 Å². The topological polar surface area (TPSA) is 51.2 Å². The van der Waals surface area contributed by atoms with E-state index in [1.165, 1.54) is 5.06 Å². The fourth-order valence-corrected chi connectivity index (χ4v) is 4.15. The largest absolute Gasteiger partial charge is 0.375 e. The number of ether oxygens (including phenoxy) is 3. The number of nitrogens with zero attached hydrogens (tertiary/aromatic N) is 1. The second-order valence-corrected chi connectivity index (χ2v) is 8.20. The SMILES string of the molecule is C=C[C@H]1[C@H](OCc2ccccc2)[C@@H](OCc2ccccc2)[C@H](COCc2ccccc2)N1O. The Labute approximate surface area is 195 Å². The maximum Gasteiger partial charge on any atom is 0.107 e. The zero-order valence-electron chi connectivity index (χ0n) is 18.7. The molecule has 5 nitrogen and oxygen atoms in total. The Morgan fingerprint density at radius 1 is 0.697 bits per heavy atom. The second-order valence-electron chi connectivity index (χ2n) is 8.20. The van der Waals surface area contributed by atoms with E-state index in [-0.39, 0.29) is 12.1 Å². The van der Waals surface area contributed by atoms with E-state index in [1.54, 1.807) is 6.08 Å². The normalized spacial score (nSPS) is 22.9. The molecule has 4 rings (SSSR count). The molecular weight excluding hydrogens is 414 g/mol. The van der Waals surface area contributed by atoms with Gasteiger partial charge in [0, 0.05) is 0 Å². The molecule has 1 aliphatic heterocycles. The number of benzene rings is 3. The summed E-state index contributed by atoms with van der Waals surface area (Å²) in [5.74, 6) is 0. The van der Waals surface area contributed by atoms with Crippen molar-refractivity contribution in [2.24, 2.45) is 0 Å². The van der Waals surface area contributed by atoms with Gasteiger partial charge < -0.3 is 19.4 Å². The Balaban J connectivity index is 1.47. The molecule has 0 aliphatic carbocycles. The molecule has 1 fully saturated rings. The summed E-state index contributed by atoms with van der Waals surface area (Å²) in [6.45, 7) is 5.55. The van der Waals surface area contributed by atoms with Gasteiger partial charge in [-0.05, 0) is 16.7 Å². The van der Waals surface area contributed by atoms with Crippen molar-refractivity contribution in [1.29, 1.82) is 0 Å². The highest BCUT2D eigenvalue weighted by molar-refractivity contribution is 5.16. The molecule has 1 aliphatic rings. The summed E-state index contributed by atoms with van der Waals surface area (Å²) >= 11 is 0. The van der Waals surface area contributed by atoms with E-state index in [0.717, 1.165) is 16.7 Å². The Kier molecular flexibility index (Phi) is 8.41. The average molecular weight is 446 g/mol. The summed E-state index contributed by atoms with van der Waals surface area (Å²) in [6.07, 6.45) is 0.936.